The number of hydrogen-bond donors (Lipinski definition) is 2. The predicted octanol–water partition coefficient (Wildman–Crippen LogP) is 1.09. The molecule has 1 aromatic rings. The van der Waals surface area contributed by atoms with Gasteiger partial charge in [-0.2, -0.15) is 5.01 Å². The summed E-state index contributed by atoms with van der Waals surface area (Å²) in [4.78, 5) is 51.7. The van der Waals surface area contributed by atoms with E-state index in [-0.39, 0.29) is 18.1 Å². The van der Waals surface area contributed by atoms with Gasteiger partial charge in [0.25, 0.3) is 5.91 Å². The van der Waals surface area contributed by atoms with E-state index in [1.54, 1.807) is 26.2 Å². The summed E-state index contributed by atoms with van der Waals surface area (Å²) in [5.41, 5.74) is 1.88. The van der Waals surface area contributed by atoms with Gasteiger partial charge < -0.3 is 10.1 Å². The van der Waals surface area contributed by atoms with Gasteiger partial charge in [-0.3, -0.25) is 19.8 Å². The number of nitrogens with zero attached hydrogens (tertiary/aromatic N) is 2. The van der Waals surface area contributed by atoms with E-state index in [9.17, 15) is 19.2 Å². The lowest BCUT2D eigenvalue weighted by Gasteiger charge is -2.19. The summed E-state index contributed by atoms with van der Waals surface area (Å²) in [5.74, 6) is -1.37. The molecule has 0 saturated carbocycles. The number of nitrogens with one attached hydrogen (secondary N) is 2. The van der Waals surface area contributed by atoms with Crippen LogP contribution < -0.4 is 10.7 Å². The van der Waals surface area contributed by atoms with Crippen LogP contribution in [0.5, 0.6) is 0 Å². The highest BCUT2D eigenvalue weighted by Gasteiger charge is 2.47. The van der Waals surface area contributed by atoms with E-state index in [0.717, 1.165) is 11.8 Å². The normalized spacial score (nSPS) is 19.4. The number of amides is 4. The average molecular weight is 400 g/mol. The summed E-state index contributed by atoms with van der Waals surface area (Å²) in [6.07, 6.45) is 0.496. The van der Waals surface area contributed by atoms with Gasteiger partial charge in [0.15, 0.2) is 4.34 Å². The fraction of sp³-hybridized carbons (Fsp3) is 0.533. The molecule has 1 fully saturated rings. The van der Waals surface area contributed by atoms with Crippen LogP contribution in [0.1, 0.15) is 32.9 Å². The SMILES string of the molecule is CCOC(=O)Cc1csc(SCC(=O)NN2C(=O)N[C@](C)(CC)C2=O)n1. The van der Waals surface area contributed by atoms with E-state index in [4.69, 9.17) is 4.74 Å². The molecule has 4 amide bonds. The predicted molar refractivity (Wildman–Crippen MR) is 95.4 cm³/mol. The second-order valence-corrected chi connectivity index (χ2v) is 7.75. The first-order valence-electron chi connectivity index (χ1n) is 7.98. The number of carbonyl (C=O) groups is 4. The van der Waals surface area contributed by atoms with Gasteiger partial charge >= 0.3 is 12.0 Å². The fourth-order valence-electron chi connectivity index (χ4n) is 2.11. The Hall–Kier alpha value is -2.14. The second-order valence-electron chi connectivity index (χ2n) is 5.67. The molecular weight excluding hydrogens is 380 g/mol. The smallest absolute Gasteiger partial charge is 0.344 e. The van der Waals surface area contributed by atoms with Gasteiger partial charge in [-0.1, -0.05) is 18.7 Å². The summed E-state index contributed by atoms with van der Waals surface area (Å²) in [5, 5.41) is 4.98. The molecule has 11 heteroatoms. The third-order valence-corrected chi connectivity index (χ3v) is 5.76. The van der Waals surface area contributed by atoms with Crippen molar-refractivity contribution >= 4 is 46.9 Å². The zero-order valence-electron chi connectivity index (χ0n) is 14.7. The molecular formula is C15H20N4O5S2. The number of hydrazine groups is 1. The highest BCUT2D eigenvalue weighted by Crippen LogP contribution is 2.23. The van der Waals surface area contributed by atoms with E-state index >= 15 is 0 Å². The molecule has 1 atom stereocenters. The zero-order valence-corrected chi connectivity index (χ0v) is 16.3. The van der Waals surface area contributed by atoms with Gasteiger partial charge in [0.05, 0.1) is 24.5 Å². The number of urea groups is 1. The Balaban J connectivity index is 1.84. The lowest BCUT2D eigenvalue weighted by molar-refractivity contribution is -0.142. The summed E-state index contributed by atoms with van der Waals surface area (Å²) in [7, 11) is 0. The number of carbonyl (C=O) groups excluding carboxylic acids is 4. The van der Waals surface area contributed by atoms with Crippen LogP contribution in [0.15, 0.2) is 9.72 Å². The Morgan fingerprint density at radius 2 is 2.15 bits per heavy atom. The molecule has 0 aromatic carbocycles. The zero-order chi connectivity index (χ0) is 19.3. The minimum absolute atomic E-state index is 0.0216. The molecule has 0 radical (unpaired) electrons. The third-order valence-electron chi connectivity index (χ3n) is 3.69. The number of imide groups is 1. The van der Waals surface area contributed by atoms with Gasteiger partial charge in [0.2, 0.25) is 5.91 Å². The summed E-state index contributed by atoms with van der Waals surface area (Å²) in [6.45, 7) is 5.42. The summed E-state index contributed by atoms with van der Waals surface area (Å²) >= 11 is 2.46. The first-order valence-corrected chi connectivity index (χ1v) is 9.84. The van der Waals surface area contributed by atoms with Crippen LogP contribution in [0, 0.1) is 0 Å². The molecule has 1 aliphatic heterocycles. The maximum Gasteiger partial charge on any atom is 0.344 e. The Bertz CT molecular complexity index is 723. The van der Waals surface area contributed by atoms with Crippen LogP contribution in [-0.4, -0.2) is 51.7 Å². The van der Waals surface area contributed by atoms with Crippen LogP contribution >= 0.6 is 23.1 Å². The van der Waals surface area contributed by atoms with Crippen molar-refractivity contribution in [2.45, 2.75) is 43.5 Å². The number of hydrogen-bond acceptors (Lipinski definition) is 8. The second kappa shape index (κ2) is 8.49. The molecule has 0 aliphatic carbocycles. The van der Waals surface area contributed by atoms with Crippen molar-refractivity contribution in [3.8, 4) is 0 Å². The van der Waals surface area contributed by atoms with E-state index in [1.807, 2.05) is 0 Å². The first kappa shape index (κ1) is 20.2. The van der Waals surface area contributed by atoms with Crippen molar-refractivity contribution in [1.29, 1.82) is 0 Å². The van der Waals surface area contributed by atoms with E-state index in [2.05, 4.69) is 15.7 Å². The molecule has 2 N–H and O–H groups in total. The van der Waals surface area contributed by atoms with Crippen molar-refractivity contribution in [2.24, 2.45) is 0 Å². The Kier molecular flexibility index (Phi) is 6.59. The minimum Gasteiger partial charge on any atom is -0.466 e. The number of thioether (sulfide) groups is 1. The van der Waals surface area contributed by atoms with Crippen molar-refractivity contribution in [2.75, 3.05) is 12.4 Å². The Morgan fingerprint density at radius 1 is 1.42 bits per heavy atom. The molecule has 1 aliphatic rings. The molecule has 2 heterocycles. The van der Waals surface area contributed by atoms with Crippen molar-refractivity contribution in [3.05, 3.63) is 11.1 Å². The average Bonchev–Trinajstić information content (AvgIpc) is 3.11. The molecule has 9 nitrogen and oxygen atoms in total. The van der Waals surface area contributed by atoms with Crippen molar-refractivity contribution < 1.29 is 23.9 Å². The third kappa shape index (κ3) is 4.73. The van der Waals surface area contributed by atoms with Gasteiger partial charge in [-0.25, -0.2) is 9.78 Å². The molecule has 1 aromatic heterocycles. The van der Waals surface area contributed by atoms with Gasteiger partial charge in [0.1, 0.15) is 5.54 Å². The molecule has 142 valence electrons. The van der Waals surface area contributed by atoms with E-state index in [1.165, 1.54) is 11.3 Å². The Morgan fingerprint density at radius 3 is 2.77 bits per heavy atom. The van der Waals surface area contributed by atoms with Gasteiger partial charge in [0, 0.05) is 5.38 Å². The first-order chi connectivity index (χ1) is 12.3. The number of thiazole rings is 1. The highest BCUT2D eigenvalue weighted by atomic mass is 32.2. The van der Waals surface area contributed by atoms with E-state index in [0.29, 0.717) is 28.1 Å². The molecule has 0 unspecified atom stereocenters. The standard InChI is InChI=1S/C15H20N4O5S2/c1-4-15(3)12(22)19(13(23)17-15)18-10(20)8-26-14-16-9(7-25-14)6-11(21)24-5-2/h7H,4-6,8H2,1-3H3,(H,17,23)(H,18,20)/t15-/m1/s1. The van der Waals surface area contributed by atoms with Crippen molar-refractivity contribution in [1.82, 2.24) is 20.7 Å². The number of rotatable bonds is 8. The topological polar surface area (TPSA) is 118 Å². The van der Waals surface area contributed by atoms with Crippen LogP contribution in [0.3, 0.4) is 0 Å². The summed E-state index contributed by atoms with van der Waals surface area (Å²) in [6, 6.07) is -0.649. The number of ether oxygens (including phenoxy) is 1. The summed E-state index contributed by atoms with van der Waals surface area (Å²) < 4.78 is 5.46. The maximum atomic E-state index is 12.2. The van der Waals surface area contributed by atoms with Crippen LogP contribution in [0.25, 0.3) is 0 Å². The Labute approximate surface area is 158 Å². The minimum atomic E-state index is -1.01. The number of aromatic nitrogens is 1. The van der Waals surface area contributed by atoms with Crippen LogP contribution in [0.4, 0.5) is 4.79 Å². The lowest BCUT2D eigenvalue weighted by Crippen LogP contribution is -2.49. The number of esters is 1. The highest BCUT2D eigenvalue weighted by molar-refractivity contribution is 8.01. The van der Waals surface area contributed by atoms with Crippen molar-refractivity contribution in [3.63, 3.8) is 0 Å². The van der Waals surface area contributed by atoms with Crippen LogP contribution in [-0.2, 0) is 25.5 Å². The molecule has 0 spiro atoms. The molecule has 0 bridgehead atoms. The molecule has 1 saturated heterocycles. The molecule has 2 rings (SSSR count). The van der Waals surface area contributed by atoms with Gasteiger partial charge in [-0.05, 0) is 20.3 Å². The molecule has 26 heavy (non-hydrogen) atoms. The lowest BCUT2D eigenvalue weighted by atomic mass is 10.00. The maximum absolute atomic E-state index is 12.2. The monoisotopic (exact) mass is 400 g/mol. The van der Waals surface area contributed by atoms with Crippen LogP contribution in [0.2, 0.25) is 0 Å². The van der Waals surface area contributed by atoms with E-state index < -0.39 is 23.4 Å². The quantitative estimate of drug-likeness (QED) is 0.381. The largest absolute Gasteiger partial charge is 0.466 e. The van der Waals surface area contributed by atoms with Gasteiger partial charge in [-0.15, -0.1) is 11.3 Å². The fourth-order valence-corrected chi connectivity index (χ4v) is 3.74.